The number of aromatic amines is 1. The normalized spacial score (nSPS) is 12.6. The summed E-state index contributed by atoms with van der Waals surface area (Å²) in [5, 5.41) is 13.3. The maximum Gasteiger partial charge on any atom is 0.258 e. The van der Waals surface area contributed by atoms with Gasteiger partial charge in [-0.15, -0.1) is 0 Å². The Labute approximate surface area is 172 Å². The second-order valence-corrected chi connectivity index (χ2v) is 7.97. The summed E-state index contributed by atoms with van der Waals surface area (Å²) < 4.78 is 0. The highest BCUT2D eigenvalue weighted by atomic mass is 32.2. The van der Waals surface area contributed by atoms with Gasteiger partial charge in [0.05, 0.1) is 11.3 Å². The third kappa shape index (κ3) is 4.68. The molecule has 7 heteroatoms. The topological polar surface area (TPSA) is 95.1 Å². The SMILES string of the molecule is O=C(CSc1nc(O)c(Cc2ccccc2)c(=O)[nH]1)Nc1ccc2c(c1)CCC2. The van der Waals surface area contributed by atoms with Crippen LogP contribution in [-0.4, -0.2) is 26.7 Å². The van der Waals surface area contributed by atoms with Crippen molar-refractivity contribution in [2.45, 2.75) is 30.8 Å². The molecule has 0 fully saturated rings. The maximum atomic E-state index is 12.3. The summed E-state index contributed by atoms with van der Waals surface area (Å²) in [5.41, 5.74) is 4.14. The quantitative estimate of drug-likeness (QED) is 0.431. The van der Waals surface area contributed by atoms with Crippen LogP contribution < -0.4 is 10.9 Å². The second-order valence-electron chi connectivity index (χ2n) is 7.01. The maximum absolute atomic E-state index is 12.3. The fourth-order valence-corrected chi connectivity index (χ4v) is 4.13. The van der Waals surface area contributed by atoms with Gasteiger partial charge in [0.1, 0.15) is 0 Å². The van der Waals surface area contributed by atoms with E-state index in [1.807, 2.05) is 42.5 Å². The summed E-state index contributed by atoms with van der Waals surface area (Å²) in [5.74, 6) is -0.417. The molecule has 0 saturated heterocycles. The standard InChI is InChI=1S/C22H21N3O3S/c26-19(23-17-10-9-15-7-4-8-16(15)12-17)13-29-22-24-20(27)18(21(28)25-22)11-14-5-2-1-3-6-14/h1-3,5-6,9-10,12H,4,7-8,11,13H2,(H,23,26)(H2,24,25,27,28). The van der Waals surface area contributed by atoms with Crippen molar-refractivity contribution >= 4 is 23.4 Å². The van der Waals surface area contributed by atoms with Crippen molar-refractivity contribution in [1.29, 1.82) is 0 Å². The number of thioether (sulfide) groups is 1. The first kappa shape index (κ1) is 19.3. The molecule has 148 valence electrons. The number of carbonyl (C=O) groups excluding carboxylic acids is 1. The molecule has 3 N–H and O–H groups in total. The Bertz CT molecular complexity index is 1100. The van der Waals surface area contributed by atoms with E-state index >= 15 is 0 Å². The van der Waals surface area contributed by atoms with Gasteiger partial charge in [0.15, 0.2) is 5.16 Å². The number of aromatic hydroxyl groups is 1. The number of nitrogens with zero attached hydrogens (tertiary/aromatic N) is 1. The number of benzene rings is 2. The number of hydrogen-bond acceptors (Lipinski definition) is 5. The molecule has 6 nitrogen and oxygen atoms in total. The van der Waals surface area contributed by atoms with Gasteiger partial charge in [-0.05, 0) is 48.1 Å². The van der Waals surface area contributed by atoms with Crippen LogP contribution >= 0.6 is 11.8 Å². The summed E-state index contributed by atoms with van der Waals surface area (Å²) in [6.45, 7) is 0. The zero-order valence-electron chi connectivity index (χ0n) is 15.8. The van der Waals surface area contributed by atoms with Crippen molar-refractivity contribution in [2.75, 3.05) is 11.1 Å². The lowest BCUT2D eigenvalue weighted by Gasteiger charge is -2.08. The molecule has 29 heavy (non-hydrogen) atoms. The fraction of sp³-hybridized carbons (Fsp3) is 0.227. The van der Waals surface area contributed by atoms with Crippen molar-refractivity contribution in [3.8, 4) is 5.88 Å². The molecule has 1 aliphatic carbocycles. The summed E-state index contributed by atoms with van der Waals surface area (Å²) >= 11 is 1.08. The van der Waals surface area contributed by atoms with E-state index in [1.165, 1.54) is 11.1 Å². The third-order valence-corrected chi connectivity index (χ3v) is 5.79. The van der Waals surface area contributed by atoms with Gasteiger partial charge < -0.3 is 15.4 Å². The van der Waals surface area contributed by atoms with E-state index in [2.05, 4.69) is 21.4 Å². The summed E-state index contributed by atoms with van der Waals surface area (Å²) in [4.78, 5) is 31.3. The number of fused-ring (bicyclic) bond motifs is 1. The van der Waals surface area contributed by atoms with Crippen molar-refractivity contribution in [1.82, 2.24) is 9.97 Å². The highest BCUT2D eigenvalue weighted by Crippen LogP contribution is 2.25. The van der Waals surface area contributed by atoms with Crippen molar-refractivity contribution in [2.24, 2.45) is 0 Å². The number of rotatable bonds is 6. The predicted octanol–water partition coefficient (Wildman–Crippen LogP) is 3.29. The van der Waals surface area contributed by atoms with Crippen LogP contribution in [0.25, 0.3) is 0 Å². The Hall–Kier alpha value is -3.06. The average Bonchev–Trinajstić information content (AvgIpc) is 3.18. The third-order valence-electron chi connectivity index (χ3n) is 4.92. The zero-order chi connectivity index (χ0) is 20.2. The molecule has 0 saturated carbocycles. The van der Waals surface area contributed by atoms with E-state index in [-0.39, 0.29) is 28.3 Å². The molecule has 1 heterocycles. The van der Waals surface area contributed by atoms with Crippen molar-refractivity contribution in [3.63, 3.8) is 0 Å². The Morgan fingerprint density at radius 3 is 2.72 bits per heavy atom. The molecule has 1 aliphatic rings. The molecule has 1 amide bonds. The summed E-state index contributed by atoms with van der Waals surface area (Å²) in [7, 11) is 0. The largest absolute Gasteiger partial charge is 0.493 e. The number of amides is 1. The fourth-order valence-electron chi connectivity index (χ4n) is 3.47. The first-order valence-electron chi connectivity index (χ1n) is 9.49. The first-order chi connectivity index (χ1) is 14.1. The molecule has 3 aromatic rings. The second kappa shape index (κ2) is 8.53. The first-order valence-corrected chi connectivity index (χ1v) is 10.5. The monoisotopic (exact) mass is 407 g/mol. The molecule has 0 atom stereocenters. The lowest BCUT2D eigenvalue weighted by molar-refractivity contribution is -0.113. The molecule has 0 unspecified atom stereocenters. The number of H-pyrrole nitrogens is 1. The predicted molar refractivity (Wildman–Crippen MR) is 114 cm³/mol. The molecular weight excluding hydrogens is 386 g/mol. The van der Waals surface area contributed by atoms with Crippen molar-refractivity contribution < 1.29 is 9.90 Å². The molecular formula is C22H21N3O3S. The molecule has 0 radical (unpaired) electrons. The van der Waals surface area contributed by atoms with Crippen LogP contribution in [0.1, 0.15) is 28.7 Å². The lowest BCUT2D eigenvalue weighted by Crippen LogP contribution is -2.17. The van der Waals surface area contributed by atoms with E-state index in [0.717, 1.165) is 42.3 Å². The smallest absolute Gasteiger partial charge is 0.258 e. The number of hydrogen-bond donors (Lipinski definition) is 3. The van der Waals surface area contributed by atoms with Crippen LogP contribution in [0, 0.1) is 0 Å². The van der Waals surface area contributed by atoms with Gasteiger partial charge in [-0.3, -0.25) is 9.59 Å². The Balaban J connectivity index is 1.38. The lowest BCUT2D eigenvalue weighted by atomic mass is 10.1. The van der Waals surface area contributed by atoms with Crippen LogP contribution in [0.15, 0.2) is 58.5 Å². The molecule has 0 bridgehead atoms. The van der Waals surface area contributed by atoms with Crippen LogP contribution in [0.5, 0.6) is 5.88 Å². The van der Waals surface area contributed by atoms with Gasteiger partial charge in [0, 0.05) is 12.1 Å². The van der Waals surface area contributed by atoms with E-state index in [4.69, 9.17) is 0 Å². The van der Waals surface area contributed by atoms with E-state index in [9.17, 15) is 14.7 Å². The zero-order valence-corrected chi connectivity index (χ0v) is 16.6. The molecule has 1 aromatic heterocycles. The van der Waals surface area contributed by atoms with Gasteiger partial charge in [-0.1, -0.05) is 48.2 Å². The summed E-state index contributed by atoms with van der Waals surface area (Å²) in [6, 6.07) is 15.4. The van der Waals surface area contributed by atoms with Crippen LogP contribution in [0.3, 0.4) is 0 Å². The number of anilines is 1. The van der Waals surface area contributed by atoms with E-state index in [1.54, 1.807) is 0 Å². The number of carbonyl (C=O) groups is 1. The highest BCUT2D eigenvalue weighted by Gasteiger charge is 2.14. The van der Waals surface area contributed by atoms with E-state index in [0.29, 0.717) is 6.42 Å². The number of nitrogens with one attached hydrogen (secondary N) is 2. The van der Waals surface area contributed by atoms with Crippen LogP contribution in [0.4, 0.5) is 5.69 Å². The number of aryl methyl sites for hydroxylation is 2. The molecule has 4 rings (SSSR count). The van der Waals surface area contributed by atoms with E-state index < -0.39 is 5.56 Å². The minimum atomic E-state index is -0.400. The molecule has 2 aromatic carbocycles. The van der Waals surface area contributed by atoms with Gasteiger partial charge in [-0.2, -0.15) is 4.98 Å². The average molecular weight is 407 g/mol. The number of aromatic nitrogens is 2. The summed E-state index contributed by atoms with van der Waals surface area (Å²) in [6.07, 6.45) is 3.60. The van der Waals surface area contributed by atoms with Crippen LogP contribution in [-0.2, 0) is 24.1 Å². The van der Waals surface area contributed by atoms with Crippen LogP contribution in [0.2, 0.25) is 0 Å². The molecule has 0 spiro atoms. The highest BCUT2D eigenvalue weighted by molar-refractivity contribution is 7.99. The van der Waals surface area contributed by atoms with Crippen molar-refractivity contribution in [3.05, 3.63) is 81.1 Å². The Morgan fingerprint density at radius 2 is 1.93 bits per heavy atom. The Morgan fingerprint density at radius 1 is 1.14 bits per heavy atom. The Kier molecular flexibility index (Phi) is 5.67. The van der Waals surface area contributed by atoms with Gasteiger partial charge in [-0.25, -0.2) is 0 Å². The molecule has 0 aliphatic heterocycles. The minimum absolute atomic E-state index is 0.0808. The van der Waals surface area contributed by atoms with Gasteiger partial charge >= 0.3 is 0 Å². The van der Waals surface area contributed by atoms with Gasteiger partial charge in [0.2, 0.25) is 11.8 Å². The van der Waals surface area contributed by atoms with Gasteiger partial charge in [0.25, 0.3) is 5.56 Å². The minimum Gasteiger partial charge on any atom is -0.493 e.